The number of aromatic nitrogens is 2. The van der Waals surface area contributed by atoms with Gasteiger partial charge in [0, 0.05) is 38.5 Å². The number of amidine groups is 1. The highest BCUT2D eigenvalue weighted by atomic mass is 15.3. The van der Waals surface area contributed by atoms with Gasteiger partial charge in [0.05, 0.1) is 22.1 Å². The summed E-state index contributed by atoms with van der Waals surface area (Å²) in [5, 5.41) is 12.4. The van der Waals surface area contributed by atoms with Crippen LogP contribution in [0.1, 0.15) is 29.0 Å². The second-order valence-corrected chi connectivity index (χ2v) is 12.9. The lowest BCUT2D eigenvalue weighted by molar-refractivity contribution is 0.409. The normalized spacial score (nSPS) is 16.2. The summed E-state index contributed by atoms with van der Waals surface area (Å²) < 4.78 is 4.84. The van der Waals surface area contributed by atoms with Gasteiger partial charge in [0.2, 0.25) is 0 Å². The molecule has 3 heterocycles. The summed E-state index contributed by atoms with van der Waals surface area (Å²) in [6.07, 6.45) is -0.297. The zero-order valence-electron chi connectivity index (χ0n) is 27.2. The maximum Gasteiger partial charge on any atom is 0.131 e. The van der Waals surface area contributed by atoms with E-state index in [-0.39, 0.29) is 12.3 Å². The van der Waals surface area contributed by atoms with Gasteiger partial charge in [0.1, 0.15) is 18.2 Å². The molecule has 2 aromatic heterocycles. The molecule has 0 amide bonds. The van der Waals surface area contributed by atoms with Crippen molar-refractivity contribution in [2.75, 3.05) is 0 Å². The number of nitrogens with one attached hydrogen (secondary N) is 2. The van der Waals surface area contributed by atoms with E-state index in [1.54, 1.807) is 0 Å². The molecule has 0 aliphatic carbocycles. The third-order valence-electron chi connectivity index (χ3n) is 10.00. The van der Waals surface area contributed by atoms with E-state index >= 15 is 0 Å². The van der Waals surface area contributed by atoms with Crippen molar-refractivity contribution >= 4 is 49.4 Å². The van der Waals surface area contributed by atoms with Gasteiger partial charge in [-0.25, -0.2) is 4.99 Å². The van der Waals surface area contributed by atoms with Crippen molar-refractivity contribution in [2.24, 2.45) is 4.99 Å². The van der Waals surface area contributed by atoms with Crippen LogP contribution in [0.15, 0.2) is 181 Å². The number of hydrogen-bond acceptors (Lipinski definition) is 3. The summed E-state index contributed by atoms with van der Waals surface area (Å²) >= 11 is 0. The molecule has 0 fully saturated rings. The van der Waals surface area contributed by atoms with Gasteiger partial charge in [-0.3, -0.25) is 5.32 Å². The standard InChI is InChI=1S/C45H33N5/c1-4-14-30(15-5-1)43-46-44(31-16-6-2-7-17-31)48-45(47-43)32-24-26-34(27-25-32)49-39-23-13-11-21-37(39)41-40(49)29-28-36-35-20-10-12-22-38(35)50(42(36)41)33-18-8-3-9-19-33/h1-29,43,45,47H,(H,46,48). The molecule has 2 atom stereocenters. The Morgan fingerprint density at radius 3 is 1.78 bits per heavy atom. The van der Waals surface area contributed by atoms with Gasteiger partial charge in [0.25, 0.3) is 0 Å². The Morgan fingerprint density at radius 1 is 0.440 bits per heavy atom. The predicted molar refractivity (Wildman–Crippen MR) is 206 cm³/mol. The summed E-state index contributed by atoms with van der Waals surface area (Å²) in [5.74, 6) is 0.882. The Bertz CT molecular complexity index is 2690. The molecule has 0 saturated carbocycles. The van der Waals surface area contributed by atoms with Crippen molar-refractivity contribution in [1.82, 2.24) is 19.8 Å². The van der Waals surface area contributed by atoms with Crippen LogP contribution >= 0.6 is 0 Å². The smallest absolute Gasteiger partial charge is 0.131 e. The molecule has 5 nitrogen and oxygen atoms in total. The van der Waals surface area contributed by atoms with Gasteiger partial charge in [-0.2, -0.15) is 0 Å². The Hall–Kier alpha value is -6.43. The molecule has 1 aliphatic heterocycles. The van der Waals surface area contributed by atoms with Crippen LogP contribution in [0, 0.1) is 0 Å². The summed E-state index contributed by atoms with van der Waals surface area (Å²) in [7, 11) is 0. The fraction of sp³-hybridized carbons (Fsp3) is 0.0444. The lowest BCUT2D eigenvalue weighted by Gasteiger charge is -2.32. The topological polar surface area (TPSA) is 46.3 Å². The van der Waals surface area contributed by atoms with Crippen LogP contribution in [-0.2, 0) is 0 Å². The minimum absolute atomic E-state index is 0.0790. The summed E-state index contributed by atoms with van der Waals surface area (Å²) in [6.45, 7) is 0. The molecule has 7 aromatic carbocycles. The van der Waals surface area contributed by atoms with Crippen molar-refractivity contribution in [3.8, 4) is 11.4 Å². The third-order valence-corrected chi connectivity index (χ3v) is 10.00. The molecule has 9 aromatic rings. The average Bonchev–Trinajstić information content (AvgIpc) is 3.72. The molecule has 2 N–H and O–H groups in total. The highest BCUT2D eigenvalue weighted by molar-refractivity contribution is 6.26. The zero-order valence-corrected chi connectivity index (χ0v) is 27.2. The number of fused-ring (bicyclic) bond motifs is 7. The number of nitrogens with zero attached hydrogens (tertiary/aromatic N) is 3. The SMILES string of the molecule is c1ccc(C2=NC(c3ccc(-n4c5ccccc5c5c4ccc4c6ccccc6n(-c6ccccc6)c45)cc3)NC(c3ccccc3)N2)cc1. The van der Waals surface area contributed by atoms with Crippen molar-refractivity contribution in [2.45, 2.75) is 12.3 Å². The van der Waals surface area contributed by atoms with Crippen LogP contribution in [0.4, 0.5) is 0 Å². The van der Waals surface area contributed by atoms with E-state index in [4.69, 9.17) is 4.99 Å². The van der Waals surface area contributed by atoms with Crippen LogP contribution in [0.5, 0.6) is 0 Å². The van der Waals surface area contributed by atoms with Crippen LogP contribution < -0.4 is 10.6 Å². The first-order valence-electron chi connectivity index (χ1n) is 17.1. The Kier molecular flexibility index (Phi) is 6.64. The second kappa shape index (κ2) is 11.6. The van der Waals surface area contributed by atoms with Gasteiger partial charge in [-0.1, -0.05) is 133 Å². The van der Waals surface area contributed by atoms with Crippen LogP contribution in [0.25, 0.3) is 55.0 Å². The largest absolute Gasteiger partial charge is 0.350 e. The summed E-state index contributed by atoms with van der Waals surface area (Å²) in [4.78, 5) is 5.17. The third kappa shape index (κ3) is 4.55. The highest BCUT2D eigenvalue weighted by Gasteiger charge is 2.26. The molecule has 5 heteroatoms. The molecular weight excluding hydrogens is 611 g/mol. The molecule has 238 valence electrons. The molecule has 2 unspecified atom stereocenters. The van der Waals surface area contributed by atoms with Crippen LogP contribution in [0.3, 0.4) is 0 Å². The first-order valence-corrected chi connectivity index (χ1v) is 17.1. The van der Waals surface area contributed by atoms with Crippen molar-refractivity contribution in [3.05, 3.63) is 193 Å². The van der Waals surface area contributed by atoms with Gasteiger partial charge in [-0.05, 0) is 53.6 Å². The Labute approximate surface area is 289 Å². The molecule has 10 rings (SSSR count). The van der Waals surface area contributed by atoms with E-state index < -0.39 is 0 Å². The number of benzene rings is 7. The highest BCUT2D eigenvalue weighted by Crippen LogP contribution is 2.42. The monoisotopic (exact) mass is 643 g/mol. The number of para-hydroxylation sites is 3. The lowest BCUT2D eigenvalue weighted by Crippen LogP contribution is -2.44. The zero-order chi connectivity index (χ0) is 33.0. The molecule has 0 bridgehead atoms. The van der Waals surface area contributed by atoms with E-state index in [1.165, 1.54) is 49.2 Å². The molecule has 0 spiro atoms. The van der Waals surface area contributed by atoms with E-state index in [0.29, 0.717) is 0 Å². The maximum absolute atomic E-state index is 5.17. The molecule has 50 heavy (non-hydrogen) atoms. The fourth-order valence-corrected chi connectivity index (χ4v) is 7.73. The van der Waals surface area contributed by atoms with Crippen LogP contribution in [-0.4, -0.2) is 15.0 Å². The van der Waals surface area contributed by atoms with E-state index in [1.807, 2.05) is 6.07 Å². The lowest BCUT2D eigenvalue weighted by atomic mass is 10.1. The average molecular weight is 644 g/mol. The van der Waals surface area contributed by atoms with Crippen molar-refractivity contribution in [1.29, 1.82) is 0 Å². The minimum Gasteiger partial charge on any atom is -0.350 e. The Balaban J connectivity index is 1.13. The number of hydrogen-bond donors (Lipinski definition) is 2. The summed E-state index contributed by atoms with van der Waals surface area (Å²) in [5.41, 5.74) is 10.4. The number of aliphatic imine (C=N–C) groups is 1. The molecule has 1 aliphatic rings. The minimum atomic E-state index is -0.218. The van der Waals surface area contributed by atoms with E-state index in [9.17, 15) is 0 Å². The second-order valence-electron chi connectivity index (χ2n) is 12.9. The van der Waals surface area contributed by atoms with Gasteiger partial charge >= 0.3 is 0 Å². The fourth-order valence-electron chi connectivity index (χ4n) is 7.73. The first-order chi connectivity index (χ1) is 24.8. The molecule has 0 saturated heterocycles. The first kappa shape index (κ1) is 28.6. The Morgan fingerprint density at radius 2 is 1.04 bits per heavy atom. The molecular formula is C45H33N5. The van der Waals surface area contributed by atoms with Crippen molar-refractivity contribution in [3.63, 3.8) is 0 Å². The maximum atomic E-state index is 5.17. The van der Waals surface area contributed by atoms with E-state index in [0.717, 1.165) is 28.3 Å². The van der Waals surface area contributed by atoms with Gasteiger partial charge in [-0.15, -0.1) is 0 Å². The molecule has 0 radical (unpaired) electrons. The number of rotatable bonds is 5. The van der Waals surface area contributed by atoms with E-state index in [2.05, 4.69) is 190 Å². The quantitative estimate of drug-likeness (QED) is 0.196. The van der Waals surface area contributed by atoms with Gasteiger partial charge in [0.15, 0.2) is 0 Å². The van der Waals surface area contributed by atoms with Gasteiger partial charge < -0.3 is 14.5 Å². The van der Waals surface area contributed by atoms with Crippen molar-refractivity contribution < 1.29 is 0 Å². The predicted octanol–water partition coefficient (Wildman–Crippen LogP) is 10.2. The van der Waals surface area contributed by atoms with Crippen LogP contribution in [0.2, 0.25) is 0 Å². The summed E-state index contributed by atoms with van der Waals surface area (Å²) in [6, 6.07) is 62.6.